The lowest BCUT2D eigenvalue weighted by atomic mass is 9.75. The Hall–Kier alpha value is -2.70. The van der Waals surface area contributed by atoms with Crippen LogP contribution in [0.2, 0.25) is 5.02 Å². The number of imide groups is 1. The Morgan fingerprint density at radius 1 is 1.09 bits per heavy atom. The van der Waals surface area contributed by atoms with Crippen LogP contribution in [-0.2, 0) is 19.1 Å². The maximum absolute atomic E-state index is 13.4. The number of esters is 1. The van der Waals surface area contributed by atoms with Gasteiger partial charge in [-0.2, -0.15) is 0 Å². The van der Waals surface area contributed by atoms with Crippen LogP contribution in [-0.4, -0.2) is 53.3 Å². The molecule has 3 aliphatic rings. The van der Waals surface area contributed by atoms with Crippen molar-refractivity contribution in [3.8, 4) is 11.1 Å². The first-order chi connectivity index (χ1) is 15.9. The van der Waals surface area contributed by atoms with Crippen molar-refractivity contribution in [3.63, 3.8) is 0 Å². The second kappa shape index (κ2) is 8.26. The molecule has 3 saturated heterocycles. The van der Waals surface area contributed by atoms with Gasteiger partial charge in [0, 0.05) is 17.6 Å². The van der Waals surface area contributed by atoms with Crippen LogP contribution in [0.3, 0.4) is 0 Å². The number of carbonyl (C=O) groups excluding carboxylic acids is 3. The summed E-state index contributed by atoms with van der Waals surface area (Å²) in [5.74, 6) is -2.15. The smallest absolute Gasteiger partial charge is 0.327 e. The molecule has 3 unspecified atom stereocenters. The maximum Gasteiger partial charge on any atom is 0.327 e. The molecule has 2 aromatic carbocycles. The maximum atomic E-state index is 13.4. The lowest BCUT2D eigenvalue weighted by molar-refractivity contribution is -0.164. The zero-order valence-electron chi connectivity index (χ0n) is 18.8. The van der Waals surface area contributed by atoms with Crippen LogP contribution in [0.5, 0.6) is 0 Å². The highest BCUT2D eigenvalue weighted by Crippen LogP contribution is 2.58. The van der Waals surface area contributed by atoms with Gasteiger partial charge in [-0.15, -0.1) is 0 Å². The van der Waals surface area contributed by atoms with Gasteiger partial charge in [0.1, 0.15) is 5.54 Å². The molecule has 7 heteroatoms. The SMILES string of the molecule is CCN1C(=O)C2C(c3ccc(-c4cccc(Cl)c4)cc3)N3CCCC[C@@]3(C(=O)OC)C2C1=O. The van der Waals surface area contributed by atoms with E-state index in [2.05, 4.69) is 4.90 Å². The van der Waals surface area contributed by atoms with Crippen LogP contribution < -0.4 is 0 Å². The van der Waals surface area contributed by atoms with Crippen LogP contribution in [0.4, 0.5) is 0 Å². The van der Waals surface area contributed by atoms with Crippen molar-refractivity contribution in [2.24, 2.45) is 11.8 Å². The van der Waals surface area contributed by atoms with Crippen molar-refractivity contribution >= 4 is 29.4 Å². The zero-order valence-corrected chi connectivity index (χ0v) is 19.5. The summed E-state index contributed by atoms with van der Waals surface area (Å²) in [5, 5.41) is 0.668. The van der Waals surface area contributed by atoms with Gasteiger partial charge in [-0.1, -0.05) is 48.0 Å². The minimum absolute atomic E-state index is 0.186. The highest BCUT2D eigenvalue weighted by molar-refractivity contribution is 6.30. The predicted molar refractivity (Wildman–Crippen MR) is 124 cm³/mol. The largest absolute Gasteiger partial charge is 0.468 e. The molecule has 0 aliphatic carbocycles. The molecule has 33 heavy (non-hydrogen) atoms. The summed E-state index contributed by atoms with van der Waals surface area (Å²) < 4.78 is 5.25. The molecule has 3 fully saturated rings. The van der Waals surface area contributed by atoms with E-state index in [4.69, 9.17) is 16.3 Å². The number of benzene rings is 2. The summed E-state index contributed by atoms with van der Waals surface area (Å²) in [5.41, 5.74) is 1.86. The van der Waals surface area contributed by atoms with Gasteiger partial charge >= 0.3 is 5.97 Å². The van der Waals surface area contributed by atoms with Crippen LogP contribution in [0, 0.1) is 11.8 Å². The quantitative estimate of drug-likeness (QED) is 0.501. The second-order valence-corrected chi connectivity index (χ2v) is 9.50. The number of halogens is 1. The van der Waals surface area contributed by atoms with Crippen LogP contribution in [0.15, 0.2) is 48.5 Å². The molecule has 172 valence electrons. The molecule has 0 saturated carbocycles. The first-order valence-electron chi connectivity index (χ1n) is 11.5. The highest BCUT2D eigenvalue weighted by Gasteiger charge is 2.72. The fraction of sp³-hybridized carbons (Fsp3) is 0.423. The number of piperidine rings is 1. The van der Waals surface area contributed by atoms with Crippen molar-refractivity contribution in [3.05, 3.63) is 59.1 Å². The molecule has 0 bridgehead atoms. The van der Waals surface area contributed by atoms with E-state index >= 15 is 0 Å². The number of nitrogens with zero attached hydrogens (tertiary/aromatic N) is 2. The molecule has 6 nitrogen and oxygen atoms in total. The van der Waals surface area contributed by atoms with E-state index < -0.39 is 23.3 Å². The van der Waals surface area contributed by atoms with Crippen molar-refractivity contribution in [1.29, 1.82) is 0 Å². The number of rotatable bonds is 4. The second-order valence-electron chi connectivity index (χ2n) is 9.07. The van der Waals surface area contributed by atoms with E-state index in [0.717, 1.165) is 29.5 Å². The Labute approximate surface area is 198 Å². The number of ether oxygens (including phenoxy) is 1. The third-order valence-corrected chi connectivity index (χ3v) is 7.85. The predicted octanol–water partition coefficient (Wildman–Crippen LogP) is 4.08. The third-order valence-electron chi connectivity index (χ3n) is 7.62. The molecule has 4 atom stereocenters. The summed E-state index contributed by atoms with van der Waals surface area (Å²) >= 11 is 6.16. The minimum atomic E-state index is -1.09. The standard InChI is InChI=1S/C26H27ClN2O4/c1-3-28-23(30)20-21(24(28)31)26(25(32)33-2)13-4-5-14-29(26)22(20)17-11-9-16(10-12-17)18-7-6-8-19(27)15-18/h6-12,15,20-22H,3-5,13-14H2,1-2H3/t20?,21?,22?,26-/m0/s1. The number of fused-ring (bicyclic) bond motifs is 3. The van der Waals surface area contributed by atoms with Crippen molar-refractivity contribution in [1.82, 2.24) is 9.80 Å². The van der Waals surface area contributed by atoms with Gasteiger partial charge in [0.2, 0.25) is 11.8 Å². The lowest BCUT2D eigenvalue weighted by Gasteiger charge is -2.44. The monoisotopic (exact) mass is 466 g/mol. The van der Waals surface area contributed by atoms with Gasteiger partial charge in [0.15, 0.2) is 0 Å². The zero-order chi connectivity index (χ0) is 23.3. The molecule has 0 aromatic heterocycles. The lowest BCUT2D eigenvalue weighted by Crippen LogP contribution is -2.59. The van der Waals surface area contributed by atoms with Gasteiger partial charge in [-0.05, 0) is 61.6 Å². The first-order valence-corrected chi connectivity index (χ1v) is 11.9. The summed E-state index contributed by atoms with van der Waals surface area (Å²) in [4.78, 5) is 43.5. The van der Waals surface area contributed by atoms with Gasteiger partial charge in [-0.25, -0.2) is 0 Å². The molecular weight excluding hydrogens is 440 g/mol. The Morgan fingerprint density at radius 2 is 1.85 bits per heavy atom. The number of amides is 2. The number of methoxy groups -OCH3 is 1. The van der Waals surface area contributed by atoms with E-state index in [1.54, 1.807) is 6.92 Å². The fourth-order valence-electron chi connectivity index (χ4n) is 6.27. The molecule has 3 heterocycles. The average molecular weight is 467 g/mol. The molecule has 0 spiro atoms. The van der Waals surface area contributed by atoms with Crippen LogP contribution >= 0.6 is 11.6 Å². The molecule has 0 radical (unpaired) electrons. The summed E-state index contributed by atoms with van der Waals surface area (Å²) in [7, 11) is 1.37. The number of likely N-dealkylation sites (tertiary alicyclic amines) is 1. The molecule has 3 aliphatic heterocycles. The van der Waals surface area contributed by atoms with Crippen molar-refractivity contribution < 1.29 is 19.1 Å². The van der Waals surface area contributed by atoms with Gasteiger partial charge in [-0.3, -0.25) is 24.2 Å². The Balaban J connectivity index is 1.61. The number of carbonyl (C=O) groups is 3. The Kier molecular flexibility index (Phi) is 5.53. The Bertz CT molecular complexity index is 1120. The van der Waals surface area contributed by atoms with E-state index in [-0.39, 0.29) is 17.9 Å². The first kappa shape index (κ1) is 22.1. The van der Waals surface area contributed by atoms with Crippen LogP contribution in [0.25, 0.3) is 11.1 Å². The topological polar surface area (TPSA) is 66.9 Å². The van der Waals surface area contributed by atoms with E-state index in [1.807, 2.05) is 48.5 Å². The molecule has 5 rings (SSSR count). The number of hydrogen-bond acceptors (Lipinski definition) is 5. The van der Waals surface area contributed by atoms with Gasteiger partial charge in [0.25, 0.3) is 0 Å². The minimum Gasteiger partial charge on any atom is -0.468 e. The molecular formula is C26H27ClN2O4. The summed E-state index contributed by atoms with van der Waals surface area (Å²) in [6.45, 7) is 2.76. The summed E-state index contributed by atoms with van der Waals surface area (Å²) in [6, 6.07) is 15.3. The third kappa shape index (κ3) is 3.15. The molecule has 2 aromatic rings. The number of hydrogen-bond donors (Lipinski definition) is 0. The fourth-order valence-corrected chi connectivity index (χ4v) is 6.46. The van der Waals surface area contributed by atoms with Gasteiger partial charge in [0.05, 0.1) is 18.9 Å². The van der Waals surface area contributed by atoms with Gasteiger partial charge < -0.3 is 4.74 Å². The molecule has 2 amide bonds. The van der Waals surface area contributed by atoms with E-state index in [9.17, 15) is 14.4 Å². The van der Waals surface area contributed by atoms with Crippen molar-refractivity contribution in [2.45, 2.75) is 37.8 Å². The van der Waals surface area contributed by atoms with E-state index in [0.29, 0.717) is 24.5 Å². The highest BCUT2D eigenvalue weighted by atomic mass is 35.5. The average Bonchev–Trinajstić information content (AvgIpc) is 3.29. The van der Waals surface area contributed by atoms with Crippen molar-refractivity contribution in [2.75, 3.05) is 20.2 Å². The Morgan fingerprint density at radius 3 is 2.52 bits per heavy atom. The van der Waals surface area contributed by atoms with Crippen LogP contribution in [0.1, 0.15) is 37.8 Å². The normalized spacial score (nSPS) is 29.2. The molecule has 0 N–H and O–H groups in total. The van der Waals surface area contributed by atoms with E-state index in [1.165, 1.54) is 12.0 Å². The summed E-state index contributed by atoms with van der Waals surface area (Å²) in [6.07, 6.45) is 2.26.